The molecule has 1 aliphatic rings. The number of carbonyl (C=O) groups excluding carboxylic acids is 1. The molecule has 1 fully saturated rings. The van der Waals surface area contributed by atoms with E-state index in [4.69, 9.17) is 11.6 Å². The normalized spacial score (nSPS) is 15.9. The quantitative estimate of drug-likeness (QED) is 0.782. The van der Waals surface area contributed by atoms with Gasteiger partial charge in [0.2, 0.25) is 5.91 Å². The smallest absolute Gasteiger partial charge is 0.234 e. The lowest BCUT2D eigenvalue weighted by Gasteiger charge is -2.34. The second kappa shape index (κ2) is 9.46. The summed E-state index contributed by atoms with van der Waals surface area (Å²) in [6, 6.07) is 10.4. The van der Waals surface area contributed by atoms with Crippen LogP contribution < -0.4 is 5.32 Å². The van der Waals surface area contributed by atoms with Crippen molar-refractivity contribution in [3.63, 3.8) is 0 Å². The molecule has 2 heterocycles. The Morgan fingerprint density at radius 1 is 1.08 bits per heavy atom. The Kier molecular flexibility index (Phi) is 7.02. The lowest BCUT2D eigenvalue weighted by Crippen LogP contribution is -2.49. The summed E-state index contributed by atoms with van der Waals surface area (Å²) < 4.78 is 13.7. The third-order valence-electron chi connectivity index (χ3n) is 4.49. The molecule has 0 radical (unpaired) electrons. The van der Waals surface area contributed by atoms with E-state index in [9.17, 15) is 9.18 Å². The van der Waals surface area contributed by atoms with Crippen molar-refractivity contribution in [3.05, 3.63) is 57.0 Å². The van der Waals surface area contributed by atoms with Crippen molar-refractivity contribution in [1.82, 2.24) is 15.1 Å². The van der Waals surface area contributed by atoms with E-state index in [0.29, 0.717) is 19.5 Å². The van der Waals surface area contributed by atoms with Crippen LogP contribution in [0.2, 0.25) is 4.34 Å². The van der Waals surface area contributed by atoms with Crippen LogP contribution in [0.1, 0.15) is 10.4 Å². The van der Waals surface area contributed by atoms with Crippen LogP contribution in [0.25, 0.3) is 0 Å². The molecular formula is C19H23ClFN3OS. The van der Waals surface area contributed by atoms with E-state index in [1.165, 1.54) is 17.0 Å². The number of halogens is 2. The van der Waals surface area contributed by atoms with Crippen LogP contribution >= 0.6 is 22.9 Å². The highest BCUT2D eigenvalue weighted by Gasteiger charge is 2.19. The molecular weight excluding hydrogens is 373 g/mol. The maximum Gasteiger partial charge on any atom is 0.234 e. The summed E-state index contributed by atoms with van der Waals surface area (Å²) in [5.74, 6) is -0.190. The molecule has 2 aromatic rings. The second-order valence-electron chi connectivity index (χ2n) is 6.48. The predicted octanol–water partition coefficient (Wildman–Crippen LogP) is 3.02. The highest BCUT2D eigenvalue weighted by Crippen LogP contribution is 2.23. The zero-order chi connectivity index (χ0) is 18.4. The van der Waals surface area contributed by atoms with E-state index in [-0.39, 0.29) is 11.7 Å². The number of nitrogens with zero attached hydrogens (tertiary/aromatic N) is 2. The SMILES string of the molecule is O=C(CN1CCN(Cc2ccc(Cl)s2)CC1)NCCc1ccc(F)cc1. The first-order valence-electron chi connectivity index (χ1n) is 8.78. The van der Waals surface area contributed by atoms with Crippen molar-refractivity contribution >= 4 is 28.8 Å². The largest absolute Gasteiger partial charge is 0.355 e. The molecule has 1 aromatic heterocycles. The predicted molar refractivity (Wildman–Crippen MR) is 104 cm³/mol. The topological polar surface area (TPSA) is 35.6 Å². The fourth-order valence-corrected chi connectivity index (χ4v) is 4.15. The van der Waals surface area contributed by atoms with Gasteiger partial charge in [-0.25, -0.2) is 4.39 Å². The van der Waals surface area contributed by atoms with Crippen molar-refractivity contribution in [3.8, 4) is 0 Å². The van der Waals surface area contributed by atoms with Crippen LogP contribution in [0.3, 0.4) is 0 Å². The molecule has 7 heteroatoms. The molecule has 140 valence electrons. The highest BCUT2D eigenvalue weighted by molar-refractivity contribution is 7.16. The van der Waals surface area contributed by atoms with E-state index in [1.807, 2.05) is 6.07 Å². The molecule has 1 amide bonds. The van der Waals surface area contributed by atoms with Gasteiger partial charge in [0.25, 0.3) is 0 Å². The number of hydrogen-bond acceptors (Lipinski definition) is 4. The molecule has 0 atom stereocenters. The molecule has 0 bridgehead atoms. The standard InChI is InChI=1S/C19H23ClFN3OS/c20-18-6-5-17(26-18)13-23-9-11-24(12-10-23)14-19(25)22-8-7-15-1-3-16(21)4-2-15/h1-6H,7-14H2,(H,22,25). The Hall–Kier alpha value is -1.47. The minimum absolute atomic E-state index is 0.0469. The summed E-state index contributed by atoms with van der Waals surface area (Å²) in [6.45, 7) is 5.63. The van der Waals surface area contributed by atoms with E-state index in [1.54, 1.807) is 23.5 Å². The molecule has 0 aliphatic carbocycles. The average Bonchev–Trinajstić information content (AvgIpc) is 3.03. The van der Waals surface area contributed by atoms with Crippen molar-refractivity contribution in [2.75, 3.05) is 39.3 Å². The van der Waals surface area contributed by atoms with Crippen molar-refractivity contribution in [2.24, 2.45) is 0 Å². The van der Waals surface area contributed by atoms with Crippen LogP contribution in [-0.4, -0.2) is 55.0 Å². The van der Waals surface area contributed by atoms with Gasteiger partial charge in [-0.3, -0.25) is 14.6 Å². The maximum atomic E-state index is 12.9. The Morgan fingerprint density at radius 2 is 1.77 bits per heavy atom. The van der Waals surface area contributed by atoms with Gasteiger partial charge in [0, 0.05) is 44.1 Å². The van der Waals surface area contributed by atoms with Crippen LogP contribution in [0.5, 0.6) is 0 Å². The minimum Gasteiger partial charge on any atom is -0.355 e. The first-order chi connectivity index (χ1) is 12.6. The van der Waals surface area contributed by atoms with Gasteiger partial charge in [-0.15, -0.1) is 11.3 Å². The summed E-state index contributed by atoms with van der Waals surface area (Å²) >= 11 is 7.60. The van der Waals surface area contributed by atoms with Crippen molar-refractivity contribution < 1.29 is 9.18 Å². The van der Waals surface area contributed by atoms with Gasteiger partial charge in [-0.05, 0) is 36.2 Å². The van der Waals surface area contributed by atoms with Gasteiger partial charge < -0.3 is 5.32 Å². The third kappa shape index (κ3) is 6.06. The third-order valence-corrected chi connectivity index (χ3v) is 5.71. The highest BCUT2D eigenvalue weighted by atomic mass is 35.5. The number of thiophene rings is 1. The summed E-state index contributed by atoms with van der Waals surface area (Å²) in [5, 5.41) is 2.95. The molecule has 0 unspecified atom stereocenters. The van der Waals surface area contributed by atoms with Crippen LogP contribution in [0.15, 0.2) is 36.4 Å². The molecule has 26 heavy (non-hydrogen) atoms. The number of amides is 1. The van der Waals surface area contributed by atoms with E-state index >= 15 is 0 Å². The molecule has 1 N–H and O–H groups in total. The first-order valence-corrected chi connectivity index (χ1v) is 9.98. The van der Waals surface area contributed by atoms with Crippen molar-refractivity contribution in [1.29, 1.82) is 0 Å². The summed E-state index contributed by atoms with van der Waals surface area (Å²) in [5.41, 5.74) is 1.02. The number of rotatable bonds is 7. The molecule has 1 aromatic carbocycles. The van der Waals surface area contributed by atoms with Gasteiger partial charge in [0.05, 0.1) is 10.9 Å². The fraction of sp³-hybridized carbons (Fsp3) is 0.421. The number of benzene rings is 1. The number of hydrogen-bond donors (Lipinski definition) is 1. The van der Waals surface area contributed by atoms with E-state index < -0.39 is 0 Å². The average molecular weight is 396 g/mol. The zero-order valence-corrected chi connectivity index (χ0v) is 16.2. The maximum absolute atomic E-state index is 12.9. The van der Waals surface area contributed by atoms with Crippen molar-refractivity contribution in [2.45, 2.75) is 13.0 Å². The lowest BCUT2D eigenvalue weighted by atomic mass is 10.1. The molecule has 1 saturated heterocycles. The first kappa shape index (κ1) is 19.3. The zero-order valence-electron chi connectivity index (χ0n) is 14.6. The summed E-state index contributed by atoms with van der Waals surface area (Å²) in [7, 11) is 0. The monoisotopic (exact) mass is 395 g/mol. The molecule has 1 aliphatic heterocycles. The van der Waals surface area contributed by atoms with Crippen LogP contribution in [0, 0.1) is 5.82 Å². The van der Waals surface area contributed by atoms with E-state index in [0.717, 1.165) is 42.6 Å². The molecule has 0 spiro atoms. The summed E-state index contributed by atoms with van der Waals surface area (Å²) in [4.78, 5) is 18.0. The Balaban J connectivity index is 1.32. The van der Waals surface area contributed by atoms with Gasteiger partial charge in [0.15, 0.2) is 0 Å². The summed E-state index contributed by atoms with van der Waals surface area (Å²) in [6.07, 6.45) is 0.711. The second-order valence-corrected chi connectivity index (χ2v) is 8.28. The van der Waals surface area contributed by atoms with Gasteiger partial charge in [-0.2, -0.15) is 0 Å². The molecule has 3 rings (SSSR count). The van der Waals surface area contributed by atoms with Gasteiger partial charge >= 0.3 is 0 Å². The minimum atomic E-state index is -0.237. The van der Waals surface area contributed by atoms with Gasteiger partial charge in [-0.1, -0.05) is 23.7 Å². The Morgan fingerprint density at radius 3 is 2.42 bits per heavy atom. The van der Waals surface area contributed by atoms with Crippen LogP contribution in [0.4, 0.5) is 4.39 Å². The fourth-order valence-electron chi connectivity index (χ4n) is 3.02. The molecule has 4 nitrogen and oxygen atoms in total. The Labute approximate surface area is 162 Å². The van der Waals surface area contributed by atoms with Crippen LogP contribution in [-0.2, 0) is 17.8 Å². The molecule has 0 saturated carbocycles. The Bertz CT molecular complexity index is 714. The lowest BCUT2D eigenvalue weighted by molar-refractivity contribution is -0.122. The number of nitrogens with one attached hydrogen (secondary N) is 1. The number of piperazine rings is 1. The van der Waals surface area contributed by atoms with Gasteiger partial charge in [0.1, 0.15) is 5.82 Å². The number of carbonyl (C=O) groups is 1. The van der Waals surface area contributed by atoms with E-state index in [2.05, 4.69) is 21.2 Å².